The van der Waals surface area contributed by atoms with Gasteiger partial charge in [-0.15, -0.1) is 0 Å². The Balaban J connectivity index is 2.05. The van der Waals surface area contributed by atoms with Crippen LogP contribution in [0.5, 0.6) is 0 Å². The number of hydrogen-bond donors (Lipinski definition) is 2. The summed E-state index contributed by atoms with van der Waals surface area (Å²) >= 11 is 0.699. The van der Waals surface area contributed by atoms with E-state index < -0.39 is 14.9 Å². The number of sulfonamides is 1. The molecule has 3 N–H and O–H groups in total. The van der Waals surface area contributed by atoms with Crippen molar-refractivity contribution in [3.05, 3.63) is 16.2 Å². The Morgan fingerprint density at radius 2 is 2.24 bits per heavy atom. The van der Waals surface area contributed by atoms with Gasteiger partial charge >= 0.3 is 5.69 Å². The van der Waals surface area contributed by atoms with E-state index in [-0.39, 0.29) is 20.3 Å². The van der Waals surface area contributed by atoms with Crippen LogP contribution in [0.15, 0.2) is 10.3 Å². The number of thiophene rings is 1. The summed E-state index contributed by atoms with van der Waals surface area (Å²) in [6, 6.07) is 0.997. The molecule has 0 spiro atoms. The average molecular weight is 335 g/mol. The number of ether oxygens (including phenoxy) is 1. The highest BCUT2D eigenvalue weighted by Crippen LogP contribution is 2.48. The SMILES string of the molecule is COCCC1(CNS(=O)(=O)c2cc([N+](=O)[O-])c(N)s2)CC1. The van der Waals surface area contributed by atoms with Crippen molar-refractivity contribution in [3.63, 3.8) is 0 Å². The zero-order valence-corrected chi connectivity index (χ0v) is 13.1. The molecule has 0 saturated heterocycles. The predicted octanol–water partition coefficient (Wildman–Crippen LogP) is 1.33. The monoisotopic (exact) mass is 335 g/mol. The number of nitrogens with one attached hydrogen (secondary N) is 1. The van der Waals surface area contributed by atoms with E-state index in [1.54, 1.807) is 7.11 Å². The van der Waals surface area contributed by atoms with Gasteiger partial charge in [-0.25, -0.2) is 13.1 Å². The van der Waals surface area contributed by atoms with Gasteiger partial charge in [-0.2, -0.15) is 0 Å². The van der Waals surface area contributed by atoms with Gasteiger partial charge in [-0.1, -0.05) is 11.3 Å². The van der Waals surface area contributed by atoms with E-state index in [0.717, 1.165) is 25.3 Å². The second kappa shape index (κ2) is 5.87. The zero-order chi connectivity index (χ0) is 15.7. The number of rotatable bonds is 8. The van der Waals surface area contributed by atoms with Crippen LogP contribution in [-0.2, 0) is 14.8 Å². The molecule has 1 aromatic heterocycles. The quantitative estimate of drug-likeness (QED) is 0.545. The third kappa shape index (κ3) is 3.70. The molecule has 21 heavy (non-hydrogen) atoms. The van der Waals surface area contributed by atoms with E-state index in [1.165, 1.54) is 0 Å². The number of nitro groups is 1. The molecule has 2 rings (SSSR count). The summed E-state index contributed by atoms with van der Waals surface area (Å²) in [5.74, 6) is 0. The average Bonchev–Trinajstić information content (AvgIpc) is 3.08. The molecule has 10 heteroatoms. The number of nitrogens with zero attached hydrogens (tertiary/aromatic N) is 1. The van der Waals surface area contributed by atoms with Gasteiger partial charge in [0.2, 0.25) is 10.0 Å². The summed E-state index contributed by atoms with van der Waals surface area (Å²) in [6.45, 7) is 0.892. The number of hydrogen-bond acceptors (Lipinski definition) is 7. The smallest absolute Gasteiger partial charge is 0.304 e. The Hall–Kier alpha value is -1.23. The van der Waals surface area contributed by atoms with Crippen molar-refractivity contribution in [2.24, 2.45) is 5.41 Å². The Morgan fingerprint density at radius 3 is 2.71 bits per heavy atom. The van der Waals surface area contributed by atoms with Crippen LogP contribution >= 0.6 is 11.3 Å². The number of anilines is 1. The van der Waals surface area contributed by atoms with E-state index in [9.17, 15) is 18.5 Å². The maximum absolute atomic E-state index is 12.2. The molecule has 0 atom stereocenters. The lowest BCUT2D eigenvalue weighted by Gasteiger charge is -2.14. The lowest BCUT2D eigenvalue weighted by atomic mass is 10.0. The van der Waals surface area contributed by atoms with Gasteiger partial charge in [0.1, 0.15) is 4.21 Å². The Morgan fingerprint density at radius 1 is 1.57 bits per heavy atom. The van der Waals surface area contributed by atoms with Crippen LogP contribution < -0.4 is 10.5 Å². The molecule has 1 heterocycles. The highest BCUT2D eigenvalue weighted by Gasteiger charge is 2.43. The molecule has 0 bridgehead atoms. The molecule has 0 aliphatic heterocycles. The number of methoxy groups -OCH3 is 1. The van der Waals surface area contributed by atoms with Gasteiger partial charge < -0.3 is 10.5 Å². The third-order valence-corrected chi connectivity index (χ3v) is 6.44. The van der Waals surface area contributed by atoms with E-state index in [4.69, 9.17) is 10.5 Å². The molecule has 1 fully saturated rings. The predicted molar refractivity (Wildman–Crippen MR) is 78.7 cm³/mol. The van der Waals surface area contributed by atoms with Gasteiger partial charge in [-0.3, -0.25) is 10.1 Å². The highest BCUT2D eigenvalue weighted by molar-refractivity contribution is 7.91. The summed E-state index contributed by atoms with van der Waals surface area (Å²) in [7, 11) is -2.17. The first-order valence-electron chi connectivity index (χ1n) is 6.32. The maximum atomic E-state index is 12.2. The normalized spacial score (nSPS) is 16.8. The first kappa shape index (κ1) is 16.1. The summed E-state index contributed by atoms with van der Waals surface area (Å²) in [4.78, 5) is 10.0. The first-order valence-corrected chi connectivity index (χ1v) is 8.62. The fourth-order valence-electron chi connectivity index (χ4n) is 1.98. The number of nitrogens with two attached hydrogens (primary N) is 1. The molecule has 8 nitrogen and oxygen atoms in total. The Bertz CT molecular complexity index is 636. The van der Waals surface area contributed by atoms with Crippen LogP contribution in [0.3, 0.4) is 0 Å². The summed E-state index contributed by atoms with van der Waals surface area (Å²) in [6.07, 6.45) is 2.69. The van der Waals surface area contributed by atoms with Gasteiger partial charge in [0, 0.05) is 26.3 Å². The molecule has 0 radical (unpaired) electrons. The van der Waals surface area contributed by atoms with Crippen molar-refractivity contribution in [2.45, 2.75) is 23.5 Å². The molecular formula is C11H17N3O5S2. The van der Waals surface area contributed by atoms with Gasteiger partial charge in [-0.05, 0) is 24.7 Å². The summed E-state index contributed by atoms with van der Waals surface area (Å²) in [5, 5.41) is 10.6. The van der Waals surface area contributed by atoms with Crippen LogP contribution in [-0.4, -0.2) is 33.6 Å². The molecule has 118 valence electrons. The topological polar surface area (TPSA) is 125 Å². The summed E-state index contributed by atoms with van der Waals surface area (Å²) < 4.78 is 31.7. The fraction of sp³-hybridized carbons (Fsp3) is 0.636. The largest absolute Gasteiger partial charge is 0.385 e. The highest BCUT2D eigenvalue weighted by atomic mass is 32.2. The zero-order valence-electron chi connectivity index (χ0n) is 11.5. The minimum absolute atomic E-state index is 0.0438. The molecule has 1 aromatic rings. The number of nitrogen functional groups attached to an aromatic ring is 1. The second-order valence-electron chi connectivity index (χ2n) is 5.14. The van der Waals surface area contributed by atoms with E-state index in [2.05, 4.69) is 4.72 Å². The van der Waals surface area contributed by atoms with Crippen molar-refractivity contribution in [2.75, 3.05) is 26.0 Å². The van der Waals surface area contributed by atoms with E-state index in [0.29, 0.717) is 24.5 Å². The van der Waals surface area contributed by atoms with Gasteiger partial charge in [0.05, 0.1) is 4.92 Å². The summed E-state index contributed by atoms with van der Waals surface area (Å²) in [5.41, 5.74) is 5.05. The van der Waals surface area contributed by atoms with Crippen LogP contribution in [0.25, 0.3) is 0 Å². The molecule has 0 amide bonds. The third-order valence-electron chi connectivity index (χ3n) is 3.61. The molecule has 0 aromatic carbocycles. The Labute approximate surface area is 126 Å². The standard InChI is InChI=1S/C11H17N3O5S2/c1-19-5-4-11(2-3-11)7-13-21(17,18)9-6-8(14(15)16)10(12)20-9/h6,13H,2-5,7,12H2,1H3. The molecule has 1 aliphatic rings. The van der Waals surface area contributed by atoms with Crippen molar-refractivity contribution in [1.82, 2.24) is 4.72 Å². The van der Waals surface area contributed by atoms with E-state index >= 15 is 0 Å². The van der Waals surface area contributed by atoms with Gasteiger partial charge in [0.15, 0.2) is 5.00 Å². The van der Waals surface area contributed by atoms with E-state index in [1.807, 2.05) is 0 Å². The lowest BCUT2D eigenvalue weighted by Crippen LogP contribution is -2.30. The minimum atomic E-state index is -3.77. The molecule has 1 saturated carbocycles. The minimum Gasteiger partial charge on any atom is -0.385 e. The van der Waals surface area contributed by atoms with Crippen molar-refractivity contribution >= 4 is 32.0 Å². The van der Waals surface area contributed by atoms with Crippen molar-refractivity contribution in [1.29, 1.82) is 0 Å². The van der Waals surface area contributed by atoms with Gasteiger partial charge in [0.25, 0.3) is 0 Å². The second-order valence-corrected chi connectivity index (χ2v) is 8.22. The lowest BCUT2D eigenvalue weighted by molar-refractivity contribution is -0.383. The van der Waals surface area contributed by atoms with Crippen molar-refractivity contribution in [3.8, 4) is 0 Å². The Kier molecular flexibility index (Phi) is 4.51. The van der Waals surface area contributed by atoms with Crippen LogP contribution in [0.4, 0.5) is 10.7 Å². The van der Waals surface area contributed by atoms with Crippen LogP contribution in [0.1, 0.15) is 19.3 Å². The van der Waals surface area contributed by atoms with Crippen LogP contribution in [0.2, 0.25) is 0 Å². The molecule has 1 aliphatic carbocycles. The van der Waals surface area contributed by atoms with Crippen molar-refractivity contribution < 1.29 is 18.1 Å². The molecular weight excluding hydrogens is 318 g/mol. The first-order chi connectivity index (χ1) is 9.80. The van der Waals surface area contributed by atoms with Crippen LogP contribution in [0, 0.1) is 15.5 Å². The molecule has 0 unspecified atom stereocenters. The maximum Gasteiger partial charge on any atom is 0.304 e. The fourth-order valence-corrected chi connectivity index (χ4v) is 4.39.